The molecule has 1 heterocycles. The van der Waals surface area contributed by atoms with Crippen LogP contribution in [0.1, 0.15) is 41.3 Å². The summed E-state index contributed by atoms with van der Waals surface area (Å²) >= 11 is 0. The number of aryl methyl sites for hydroxylation is 1. The van der Waals surface area contributed by atoms with Crippen LogP contribution >= 0.6 is 0 Å². The molecule has 0 radical (unpaired) electrons. The van der Waals surface area contributed by atoms with Crippen molar-refractivity contribution in [2.45, 2.75) is 32.7 Å². The standard InChI is InChI=1S/C22H25N3O4/c1-2-16-8-10-19(11-9-16)29-15-20(26)23-24-22(28)18-6-3-5-17(13-18)14-25-12-4-7-21(25)27/h3,5-6,8-11,13H,2,4,7,12,14-15H2,1H3,(H,23,26)(H,24,28). The largest absolute Gasteiger partial charge is 0.484 e. The topological polar surface area (TPSA) is 87.7 Å². The van der Waals surface area contributed by atoms with Crippen LogP contribution in [0.3, 0.4) is 0 Å². The zero-order chi connectivity index (χ0) is 20.6. The fraction of sp³-hybridized carbons (Fsp3) is 0.318. The van der Waals surface area contributed by atoms with E-state index in [0.29, 0.717) is 24.3 Å². The molecular weight excluding hydrogens is 370 g/mol. The summed E-state index contributed by atoms with van der Waals surface area (Å²) in [6, 6.07) is 14.5. The van der Waals surface area contributed by atoms with Crippen molar-refractivity contribution in [3.05, 3.63) is 65.2 Å². The number of carbonyl (C=O) groups is 3. The summed E-state index contributed by atoms with van der Waals surface area (Å²) in [4.78, 5) is 37.8. The molecule has 1 fully saturated rings. The molecule has 0 aliphatic carbocycles. The van der Waals surface area contributed by atoms with Crippen molar-refractivity contribution in [2.75, 3.05) is 13.2 Å². The van der Waals surface area contributed by atoms with Gasteiger partial charge < -0.3 is 9.64 Å². The van der Waals surface area contributed by atoms with Gasteiger partial charge in [-0.25, -0.2) is 0 Å². The van der Waals surface area contributed by atoms with E-state index in [-0.39, 0.29) is 12.5 Å². The average Bonchev–Trinajstić information content (AvgIpc) is 3.15. The van der Waals surface area contributed by atoms with Crippen LogP contribution in [0.25, 0.3) is 0 Å². The third-order valence-corrected chi connectivity index (χ3v) is 4.75. The molecule has 2 N–H and O–H groups in total. The van der Waals surface area contributed by atoms with Crippen molar-refractivity contribution in [2.24, 2.45) is 0 Å². The van der Waals surface area contributed by atoms with Gasteiger partial charge in [0.15, 0.2) is 6.61 Å². The Bertz CT molecular complexity index is 880. The molecule has 3 amide bonds. The Balaban J connectivity index is 1.46. The Morgan fingerprint density at radius 2 is 1.86 bits per heavy atom. The maximum atomic E-state index is 12.3. The Labute approximate surface area is 170 Å². The van der Waals surface area contributed by atoms with E-state index in [2.05, 4.69) is 17.8 Å². The van der Waals surface area contributed by atoms with Gasteiger partial charge in [0.25, 0.3) is 11.8 Å². The molecule has 1 saturated heterocycles. The van der Waals surface area contributed by atoms with E-state index < -0.39 is 11.8 Å². The minimum atomic E-state index is -0.461. The Kier molecular flexibility index (Phi) is 6.84. The van der Waals surface area contributed by atoms with Gasteiger partial charge in [0.1, 0.15) is 5.75 Å². The maximum absolute atomic E-state index is 12.3. The summed E-state index contributed by atoms with van der Waals surface area (Å²) in [7, 11) is 0. The summed E-state index contributed by atoms with van der Waals surface area (Å²) in [5, 5.41) is 0. The molecule has 152 valence electrons. The second-order valence-electron chi connectivity index (χ2n) is 6.91. The van der Waals surface area contributed by atoms with Crippen LogP contribution in [0.4, 0.5) is 0 Å². The Morgan fingerprint density at radius 1 is 1.07 bits per heavy atom. The van der Waals surface area contributed by atoms with Gasteiger partial charge in [0.2, 0.25) is 5.91 Å². The first kappa shape index (κ1) is 20.4. The third kappa shape index (κ3) is 5.81. The first-order valence-corrected chi connectivity index (χ1v) is 9.73. The highest BCUT2D eigenvalue weighted by Gasteiger charge is 2.20. The number of hydrazine groups is 1. The predicted octanol–water partition coefficient (Wildman–Crippen LogP) is 2.21. The molecule has 2 aromatic rings. The summed E-state index contributed by atoms with van der Waals surface area (Å²) in [6.07, 6.45) is 2.38. The fourth-order valence-corrected chi connectivity index (χ4v) is 3.11. The molecule has 3 rings (SSSR count). The molecule has 0 spiro atoms. The van der Waals surface area contributed by atoms with Gasteiger partial charge in [0, 0.05) is 25.1 Å². The van der Waals surface area contributed by atoms with Crippen LogP contribution in [0.15, 0.2) is 48.5 Å². The van der Waals surface area contributed by atoms with Gasteiger partial charge in [-0.2, -0.15) is 0 Å². The number of hydrogen-bond acceptors (Lipinski definition) is 4. The zero-order valence-corrected chi connectivity index (χ0v) is 16.4. The number of rotatable bonds is 7. The lowest BCUT2D eigenvalue weighted by Gasteiger charge is -2.16. The summed E-state index contributed by atoms with van der Waals surface area (Å²) in [5.41, 5.74) is 7.20. The molecule has 0 saturated carbocycles. The molecule has 1 aliphatic heterocycles. The van der Waals surface area contributed by atoms with Crippen LogP contribution in [0, 0.1) is 0 Å². The minimum Gasteiger partial charge on any atom is -0.484 e. The quantitative estimate of drug-likeness (QED) is 0.704. The molecule has 1 aliphatic rings. The highest BCUT2D eigenvalue weighted by molar-refractivity contribution is 5.95. The molecule has 0 atom stereocenters. The summed E-state index contributed by atoms with van der Waals surface area (Å²) in [5.74, 6) is -0.165. The maximum Gasteiger partial charge on any atom is 0.276 e. The Hall–Kier alpha value is -3.35. The molecule has 7 heteroatoms. The lowest BCUT2D eigenvalue weighted by Crippen LogP contribution is -2.43. The number of nitrogens with one attached hydrogen (secondary N) is 2. The molecule has 0 aromatic heterocycles. The van der Waals surface area contributed by atoms with Gasteiger partial charge in [0.05, 0.1) is 0 Å². The predicted molar refractivity (Wildman–Crippen MR) is 108 cm³/mol. The first-order valence-electron chi connectivity index (χ1n) is 9.73. The number of hydrogen-bond donors (Lipinski definition) is 2. The number of nitrogens with zero attached hydrogens (tertiary/aromatic N) is 1. The van der Waals surface area contributed by atoms with Crippen molar-refractivity contribution in [3.63, 3.8) is 0 Å². The number of likely N-dealkylation sites (tertiary alicyclic amines) is 1. The van der Waals surface area contributed by atoms with E-state index in [0.717, 1.165) is 24.9 Å². The van der Waals surface area contributed by atoms with E-state index in [9.17, 15) is 14.4 Å². The van der Waals surface area contributed by atoms with E-state index in [1.54, 1.807) is 35.2 Å². The van der Waals surface area contributed by atoms with Crippen molar-refractivity contribution in [1.82, 2.24) is 15.8 Å². The van der Waals surface area contributed by atoms with Gasteiger partial charge in [-0.05, 0) is 48.2 Å². The molecular formula is C22H25N3O4. The Morgan fingerprint density at radius 3 is 2.55 bits per heavy atom. The highest BCUT2D eigenvalue weighted by Crippen LogP contribution is 2.15. The van der Waals surface area contributed by atoms with Crippen LogP contribution < -0.4 is 15.6 Å². The smallest absolute Gasteiger partial charge is 0.276 e. The number of benzene rings is 2. The van der Waals surface area contributed by atoms with Gasteiger partial charge in [-0.1, -0.05) is 31.2 Å². The SMILES string of the molecule is CCc1ccc(OCC(=O)NNC(=O)c2cccc(CN3CCCC3=O)c2)cc1. The second-order valence-corrected chi connectivity index (χ2v) is 6.91. The van der Waals surface area contributed by atoms with E-state index in [4.69, 9.17) is 4.74 Å². The summed E-state index contributed by atoms with van der Waals surface area (Å²) < 4.78 is 5.41. The van der Waals surface area contributed by atoms with Crippen LogP contribution in [-0.4, -0.2) is 35.8 Å². The van der Waals surface area contributed by atoms with E-state index in [1.165, 1.54) is 5.56 Å². The zero-order valence-electron chi connectivity index (χ0n) is 16.4. The molecule has 7 nitrogen and oxygen atoms in total. The fourth-order valence-electron chi connectivity index (χ4n) is 3.11. The molecule has 2 aromatic carbocycles. The minimum absolute atomic E-state index is 0.136. The van der Waals surface area contributed by atoms with Crippen molar-refractivity contribution < 1.29 is 19.1 Å². The molecule has 0 bridgehead atoms. The van der Waals surface area contributed by atoms with Crippen molar-refractivity contribution in [3.8, 4) is 5.75 Å². The van der Waals surface area contributed by atoms with Gasteiger partial charge >= 0.3 is 0 Å². The van der Waals surface area contributed by atoms with Crippen LogP contribution in [0.5, 0.6) is 5.75 Å². The van der Waals surface area contributed by atoms with Crippen LogP contribution in [-0.2, 0) is 22.6 Å². The molecule has 29 heavy (non-hydrogen) atoms. The first-order chi connectivity index (χ1) is 14.0. The van der Waals surface area contributed by atoms with Crippen molar-refractivity contribution in [1.29, 1.82) is 0 Å². The van der Waals surface area contributed by atoms with E-state index >= 15 is 0 Å². The number of carbonyl (C=O) groups excluding carboxylic acids is 3. The lowest BCUT2D eigenvalue weighted by molar-refractivity contribution is -0.128. The second kappa shape index (κ2) is 9.73. The monoisotopic (exact) mass is 395 g/mol. The van der Waals surface area contributed by atoms with Gasteiger partial charge in [-0.3, -0.25) is 25.2 Å². The van der Waals surface area contributed by atoms with E-state index in [1.807, 2.05) is 18.2 Å². The highest BCUT2D eigenvalue weighted by atomic mass is 16.5. The van der Waals surface area contributed by atoms with Crippen LogP contribution in [0.2, 0.25) is 0 Å². The normalized spacial score (nSPS) is 13.3. The average molecular weight is 395 g/mol. The van der Waals surface area contributed by atoms with Gasteiger partial charge in [-0.15, -0.1) is 0 Å². The molecule has 0 unspecified atom stereocenters. The number of ether oxygens (including phenoxy) is 1. The third-order valence-electron chi connectivity index (χ3n) is 4.75. The lowest BCUT2D eigenvalue weighted by atomic mass is 10.1. The summed E-state index contributed by atoms with van der Waals surface area (Å²) in [6.45, 7) is 3.08. The van der Waals surface area contributed by atoms with Crippen molar-refractivity contribution >= 4 is 17.7 Å². The number of amides is 3.